The van der Waals surface area contributed by atoms with Crippen molar-refractivity contribution in [2.24, 2.45) is 0 Å². The van der Waals surface area contributed by atoms with E-state index in [9.17, 15) is 5.11 Å². The molecule has 7 heteroatoms. The van der Waals surface area contributed by atoms with Crippen LogP contribution in [0.15, 0.2) is 73.1 Å². The fourth-order valence-corrected chi connectivity index (χ4v) is 4.89. The summed E-state index contributed by atoms with van der Waals surface area (Å²) >= 11 is 0. The number of hydrogen-bond acceptors (Lipinski definition) is 6. The first-order chi connectivity index (χ1) is 16.4. The van der Waals surface area contributed by atoms with E-state index in [1.807, 2.05) is 53.9 Å². The summed E-state index contributed by atoms with van der Waals surface area (Å²) in [5.74, 6) is 1.47. The maximum Gasteiger partial charge on any atom is 0.150 e. The SMILES string of the molecule is CN(C)[C@]1(O)C[C@H](c2nc(-c3ccc4ccc(-c5ccccc5)nc4c3)c3c(N)nccn32)C1. The molecule has 1 aliphatic carbocycles. The van der Waals surface area contributed by atoms with Crippen LogP contribution in [0.3, 0.4) is 0 Å². The van der Waals surface area contributed by atoms with Crippen molar-refractivity contribution in [2.45, 2.75) is 24.5 Å². The summed E-state index contributed by atoms with van der Waals surface area (Å²) in [5.41, 5.74) is 11.0. The second-order valence-corrected chi connectivity index (χ2v) is 9.30. The van der Waals surface area contributed by atoms with Crippen molar-refractivity contribution in [3.63, 3.8) is 0 Å². The fourth-order valence-electron chi connectivity index (χ4n) is 4.89. The average molecular weight is 451 g/mol. The third-order valence-electron chi connectivity index (χ3n) is 6.99. The van der Waals surface area contributed by atoms with Gasteiger partial charge in [-0.05, 0) is 39.1 Å². The molecule has 0 saturated heterocycles. The molecule has 1 saturated carbocycles. The molecule has 5 aromatic rings. The number of aromatic nitrogens is 4. The summed E-state index contributed by atoms with van der Waals surface area (Å²) in [6, 6.07) is 20.5. The molecule has 1 fully saturated rings. The molecule has 0 bridgehead atoms. The highest BCUT2D eigenvalue weighted by atomic mass is 16.3. The van der Waals surface area contributed by atoms with Crippen molar-refractivity contribution < 1.29 is 5.11 Å². The molecule has 3 aromatic heterocycles. The Balaban J connectivity index is 1.46. The lowest BCUT2D eigenvalue weighted by molar-refractivity contribution is -0.152. The molecule has 7 nitrogen and oxygen atoms in total. The van der Waals surface area contributed by atoms with E-state index in [2.05, 4.69) is 41.4 Å². The van der Waals surface area contributed by atoms with Gasteiger partial charge in [0, 0.05) is 34.8 Å². The Hall–Kier alpha value is -3.81. The Bertz CT molecular complexity index is 1520. The average Bonchev–Trinajstić information content (AvgIpc) is 3.22. The van der Waals surface area contributed by atoms with Gasteiger partial charge in [0.2, 0.25) is 0 Å². The number of aliphatic hydroxyl groups is 1. The van der Waals surface area contributed by atoms with E-state index in [0.717, 1.165) is 44.8 Å². The maximum absolute atomic E-state index is 10.8. The van der Waals surface area contributed by atoms with Gasteiger partial charge in [0.05, 0.1) is 11.2 Å². The molecule has 170 valence electrons. The van der Waals surface area contributed by atoms with Gasteiger partial charge < -0.3 is 10.8 Å². The Labute approximate surface area is 197 Å². The van der Waals surface area contributed by atoms with Crippen LogP contribution in [-0.4, -0.2) is 49.2 Å². The standard InChI is InChI=1S/C27H26N6O/c1-32(2)27(34)15-20(16-27)26-31-23(24-25(28)29-12-13-33(24)26)19-9-8-18-10-11-21(30-22(18)14-19)17-6-4-3-5-7-17/h3-14,20,34H,15-16H2,1-2H3,(H2,28,29)/t20-,27-. The molecule has 0 radical (unpaired) electrons. The number of hydrogen-bond donors (Lipinski definition) is 2. The number of nitrogens with two attached hydrogens (primary N) is 1. The summed E-state index contributed by atoms with van der Waals surface area (Å²) in [5, 5.41) is 11.8. The minimum atomic E-state index is -0.796. The van der Waals surface area contributed by atoms with Gasteiger partial charge in [0.15, 0.2) is 0 Å². The molecule has 2 aromatic carbocycles. The zero-order chi connectivity index (χ0) is 23.4. The van der Waals surface area contributed by atoms with Gasteiger partial charge in [-0.1, -0.05) is 48.5 Å². The Morgan fingerprint density at radius 3 is 2.53 bits per heavy atom. The van der Waals surface area contributed by atoms with Crippen molar-refractivity contribution in [3.8, 4) is 22.5 Å². The molecule has 6 rings (SSSR count). The van der Waals surface area contributed by atoms with Gasteiger partial charge in [-0.2, -0.15) is 0 Å². The minimum absolute atomic E-state index is 0.138. The Morgan fingerprint density at radius 1 is 1.00 bits per heavy atom. The predicted molar refractivity (Wildman–Crippen MR) is 134 cm³/mol. The number of nitrogens with zero attached hydrogens (tertiary/aromatic N) is 5. The second-order valence-electron chi connectivity index (χ2n) is 9.30. The third kappa shape index (κ3) is 3.24. The van der Waals surface area contributed by atoms with Crippen LogP contribution >= 0.6 is 0 Å². The highest BCUT2D eigenvalue weighted by Crippen LogP contribution is 2.46. The fraction of sp³-hybridized carbons (Fsp3) is 0.222. The lowest BCUT2D eigenvalue weighted by atomic mass is 9.75. The van der Waals surface area contributed by atoms with E-state index in [0.29, 0.717) is 18.7 Å². The van der Waals surface area contributed by atoms with E-state index >= 15 is 0 Å². The molecular weight excluding hydrogens is 424 g/mol. The molecular formula is C27H26N6O. The van der Waals surface area contributed by atoms with Crippen LogP contribution < -0.4 is 5.73 Å². The first-order valence-corrected chi connectivity index (χ1v) is 11.4. The smallest absolute Gasteiger partial charge is 0.150 e. The van der Waals surface area contributed by atoms with Crippen LogP contribution in [0.25, 0.3) is 38.9 Å². The molecule has 0 aliphatic heterocycles. The molecule has 0 unspecified atom stereocenters. The zero-order valence-electron chi connectivity index (χ0n) is 19.2. The number of nitrogen functional groups attached to an aromatic ring is 1. The van der Waals surface area contributed by atoms with Gasteiger partial charge in [0.25, 0.3) is 0 Å². The predicted octanol–water partition coefficient (Wildman–Crippen LogP) is 4.32. The first kappa shape index (κ1) is 20.8. The molecule has 0 spiro atoms. The van der Waals surface area contributed by atoms with Gasteiger partial charge >= 0.3 is 0 Å². The summed E-state index contributed by atoms with van der Waals surface area (Å²) in [6.07, 6.45) is 4.85. The minimum Gasteiger partial charge on any atom is -0.382 e. The number of rotatable bonds is 4. The highest BCUT2D eigenvalue weighted by Gasteiger charge is 2.47. The van der Waals surface area contributed by atoms with Crippen LogP contribution in [0, 0.1) is 0 Å². The van der Waals surface area contributed by atoms with Crippen molar-refractivity contribution >= 4 is 22.2 Å². The number of imidazole rings is 1. The first-order valence-electron chi connectivity index (χ1n) is 11.4. The van der Waals surface area contributed by atoms with Gasteiger partial charge in [-0.25, -0.2) is 15.0 Å². The number of anilines is 1. The Kier molecular flexibility index (Phi) is 4.65. The summed E-state index contributed by atoms with van der Waals surface area (Å²) in [7, 11) is 3.80. The maximum atomic E-state index is 10.8. The molecule has 1 aliphatic rings. The van der Waals surface area contributed by atoms with E-state index in [1.165, 1.54) is 0 Å². The van der Waals surface area contributed by atoms with Gasteiger partial charge in [-0.15, -0.1) is 0 Å². The number of pyridine rings is 1. The van der Waals surface area contributed by atoms with Crippen molar-refractivity contribution in [2.75, 3.05) is 19.8 Å². The van der Waals surface area contributed by atoms with Crippen LogP contribution in [0.2, 0.25) is 0 Å². The zero-order valence-corrected chi connectivity index (χ0v) is 19.2. The van der Waals surface area contributed by atoms with Gasteiger partial charge in [0.1, 0.15) is 28.6 Å². The van der Waals surface area contributed by atoms with Gasteiger partial charge in [-0.3, -0.25) is 9.30 Å². The van der Waals surface area contributed by atoms with E-state index in [4.69, 9.17) is 15.7 Å². The van der Waals surface area contributed by atoms with Crippen molar-refractivity contribution in [1.29, 1.82) is 0 Å². The van der Waals surface area contributed by atoms with Crippen molar-refractivity contribution in [3.05, 3.63) is 78.9 Å². The second kappa shape index (κ2) is 7.62. The molecule has 0 atom stereocenters. The number of benzene rings is 2. The summed E-state index contributed by atoms with van der Waals surface area (Å²) in [4.78, 5) is 16.2. The van der Waals surface area contributed by atoms with Crippen LogP contribution in [0.4, 0.5) is 5.82 Å². The monoisotopic (exact) mass is 450 g/mol. The highest BCUT2D eigenvalue weighted by molar-refractivity contribution is 5.91. The van der Waals surface area contributed by atoms with E-state index in [1.54, 1.807) is 6.20 Å². The van der Waals surface area contributed by atoms with Crippen LogP contribution in [-0.2, 0) is 0 Å². The van der Waals surface area contributed by atoms with E-state index < -0.39 is 5.72 Å². The summed E-state index contributed by atoms with van der Waals surface area (Å²) < 4.78 is 2.02. The third-order valence-corrected chi connectivity index (χ3v) is 6.99. The van der Waals surface area contributed by atoms with E-state index in [-0.39, 0.29) is 5.92 Å². The van der Waals surface area contributed by atoms with Crippen molar-refractivity contribution in [1.82, 2.24) is 24.3 Å². The lowest BCUT2D eigenvalue weighted by Gasteiger charge is -2.47. The van der Waals surface area contributed by atoms with Crippen LogP contribution in [0.1, 0.15) is 24.6 Å². The normalized spacial score (nSPS) is 20.2. The molecule has 34 heavy (non-hydrogen) atoms. The van der Waals surface area contributed by atoms with Crippen LogP contribution in [0.5, 0.6) is 0 Å². The largest absolute Gasteiger partial charge is 0.382 e. The lowest BCUT2D eigenvalue weighted by Crippen LogP contribution is -2.53. The summed E-state index contributed by atoms with van der Waals surface area (Å²) in [6.45, 7) is 0. The molecule has 3 heterocycles. The Morgan fingerprint density at radius 2 is 1.76 bits per heavy atom. The topological polar surface area (TPSA) is 92.6 Å². The number of fused-ring (bicyclic) bond motifs is 2. The quantitative estimate of drug-likeness (QED) is 0.396. The molecule has 0 amide bonds. The molecule has 3 N–H and O–H groups in total.